The molecule has 0 saturated heterocycles. The zero-order valence-corrected chi connectivity index (χ0v) is 13.8. The Kier molecular flexibility index (Phi) is 4.78. The zero-order chi connectivity index (χ0) is 15.6. The van der Waals surface area contributed by atoms with Gasteiger partial charge in [0.05, 0.1) is 5.56 Å². The number of anilines is 1. The molecular formula is C17H17BrFNO. The van der Waals surface area contributed by atoms with Gasteiger partial charge in [-0.15, -0.1) is 0 Å². The van der Waals surface area contributed by atoms with E-state index in [0.29, 0.717) is 4.47 Å². The predicted molar refractivity (Wildman–Crippen MR) is 87.3 cm³/mol. The third kappa shape index (κ3) is 3.50. The van der Waals surface area contributed by atoms with Crippen molar-refractivity contribution in [1.29, 1.82) is 0 Å². The van der Waals surface area contributed by atoms with E-state index in [1.165, 1.54) is 12.1 Å². The van der Waals surface area contributed by atoms with E-state index in [4.69, 9.17) is 0 Å². The van der Waals surface area contributed by atoms with Crippen molar-refractivity contribution in [2.75, 3.05) is 5.32 Å². The monoisotopic (exact) mass is 349 g/mol. The van der Waals surface area contributed by atoms with Gasteiger partial charge in [-0.3, -0.25) is 4.79 Å². The summed E-state index contributed by atoms with van der Waals surface area (Å²) in [6.07, 6.45) is 0. The summed E-state index contributed by atoms with van der Waals surface area (Å²) in [5.41, 5.74) is 2.79. The molecule has 0 spiro atoms. The van der Waals surface area contributed by atoms with Gasteiger partial charge < -0.3 is 5.32 Å². The summed E-state index contributed by atoms with van der Waals surface area (Å²) in [6, 6.07) is 10.2. The Morgan fingerprint density at radius 1 is 1.24 bits per heavy atom. The van der Waals surface area contributed by atoms with Crippen LogP contribution in [0.1, 0.15) is 41.3 Å². The van der Waals surface area contributed by atoms with Crippen molar-refractivity contribution in [3.63, 3.8) is 0 Å². The summed E-state index contributed by atoms with van der Waals surface area (Å²) in [5, 5.41) is 2.84. The van der Waals surface area contributed by atoms with Gasteiger partial charge in [0.15, 0.2) is 0 Å². The van der Waals surface area contributed by atoms with Gasteiger partial charge in [-0.1, -0.05) is 48.0 Å². The second-order valence-corrected chi connectivity index (χ2v) is 6.19. The maximum Gasteiger partial charge on any atom is 0.258 e. The molecule has 2 aromatic carbocycles. The van der Waals surface area contributed by atoms with E-state index in [-0.39, 0.29) is 11.5 Å². The highest BCUT2D eigenvalue weighted by molar-refractivity contribution is 9.10. The summed E-state index contributed by atoms with van der Waals surface area (Å²) in [4.78, 5) is 12.3. The number of carbonyl (C=O) groups is 1. The molecule has 0 unspecified atom stereocenters. The van der Waals surface area contributed by atoms with Crippen molar-refractivity contribution < 1.29 is 9.18 Å². The van der Waals surface area contributed by atoms with Crippen LogP contribution in [0.3, 0.4) is 0 Å². The molecule has 2 rings (SSSR count). The van der Waals surface area contributed by atoms with Crippen LogP contribution < -0.4 is 5.32 Å². The lowest BCUT2D eigenvalue weighted by Gasteiger charge is -2.16. The molecular weight excluding hydrogens is 333 g/mol. The molecule has 1 amide bonds. The maximum absolute atomic E-state index is 13.8. The first-order chi connectivity index (χ1) is 9.90. The molecule has 0 aliphatic rings. The van der Waals surface area contributed by atoms with Crippen molar-refractivity contribution in [3.05, 3.63) is 63.4 Å². The second kappa shape index (κ2) is 6.39. The standard InChI is InChI=1S/C17H17BrFNO/c1-10(2)13-6-4-5-11(3)16(13)20-17(21)14-9-12(18)7-8-15(14)19/h4-10H,1-3H3,(H,20,21). The SMILES string of the molecule is Cc1cccc(C(C)C)c1NC(=O)c1cc(Br)ccc1F. The number of carbonyl (C=O) groups excluding carboxylic acids is 1. The molecule has 0 bridgehead atoms. The van der Waals surface area contributed by atoms with Crippen LogP contribution in [0, 0.1) is 12.7 Å². The van der Waals surface area contributed by atoms with Crippen LogP contribution in [-0.2, 0) is 0 Å². The van der Waals surface area contributed by atoms with Crippen molar-refractivity contribution in [3.8, 4) is 0 Å². The van der Waals surface area contributed by atoms with Gasteiger partial charge in [-0.05, 0) is 42.2 Å². The van der Waals surface area contributed by atoms with Gasteiger partial charge in [-0.2, -0.15) is 0 Å². The molecule has 0 radical (unpaired) electrons. The molecule has 110 valence electrons. The number of nitrogens with one attached hydrogen (secondary N) is 1. The maximum atomic E-state index is 13.8. The fourth-order valence-electron chi connectivity index (χ4n) is 2.19. The lowest BCUT2D eigenvalue weighted by molar-refractivity contribution is 0.102. The van der Waals surface area contributed by atoms with Crippen molar-refractivity contribution in [2.24, 2.45) is 0 Å². The Balaban J connectivity index is 2.38. The Labute approximate surface area is 132 Å². The minimum absolute atomic E-state index is 0.0299. The average molecular weight is 350 g/mol. The largest absolute Gasteiger partial charge is 0.321 e. The Morgan fingerprint density at radius 2 is 1.95 bits per heavy atom. The molecule has 1 N–H and O–H groups in total. The van der Waals surface area contributed by atoms with Crippen LogP contribution >= 0.6 is 15.9 Å². The predicted octanol–water partition coefficient (Wildman–Crippen LogP) is 5.27. The Morgan fingerprint density at radius 3 is 2.62 bits per heavy atom. The molecule has 0 aliphatic carbocycles. The normalized spacial score (nSPS) is 10.8. The van der Waals surface area contributed by atoms with Gasteiger partial charge in [0.2, 0.25) is 0 Å². The molecule has 0 heterocycles. The first-order valence-electron chi connectivity index (χ1n) is 6.76. The third-order valence-corrected chi connectivity index (χ3v) is 3.83. The highest BCUT2D eigenvalue weighted by Crippen LogP contribution is 2.28. The molecule has 0 aromatic heterocycles. The summed E-state index contributed by atoms with van der Waals surface area (Å²) >= 11 is 3.26. The van der Waals surface area contributed by atoms with Crippen LogP contribution in [0.25, 0.3) is 0 Å². The Hall–Kier alpha value is -1.68. The van der Waals surface area contributed by atoms with Gasteiger partial charge in [0.25, 0.3) is 5.91 Å². The number of hydrogen-bond donors (Lipinski definition) is 1. The van der Waals surface area contributed by atoms with Gasteiger partial charge in [0, 0.05) is 10.2 Å². The molecule has 0 atom stereocenters. The lowest BCUT2D eigenvalue weighted by atomic mass is 9.98. The van der Waals surface area contributed by atoms with Crippen molar-refractivity contribution >= 4 is 27.5 Å². The zero-order valence-electron chi connectivity index (χ0n) is 12.2. The number of amides is 1. The van der Waals surface area contributed by atoms with Gasteiger partial charge in [0.1, 0.15) is 5.82 Å². The van der Waals surface area contributed by atoms with Crippen LogP contribution in [0.4, 0.5) is 10.1 Å². The van der Waals surface area contributed by atoms with Crippen molar-refractivity contribution in [1.82, 2.24) is 0 Å². The second-order valence-electron chi connectivity index (χ2n) is 5.27. The number of para-hydroxylation sites is 1. The third-order valence-electron chi connectivity index (χ3n) is 3.34. The number of aryl methyl sites for hydroxylation is 1. The molecule has 2 aromatic rings. The minimum Gasteiger partial charge on any atom is -0.321 e. The molecule has 0 fully saturated rings. The first kappa shape index (κ1) is 15.7. The minimum atomic E-state index is -0.532. The topological polar surface area (TPSA) is 29.1 Å². The fourth-order valence-corrected chi connectivity index (χ4v) is 2.56. The van der Waals surface area contributed by atoms with E-state index in [9.17, 15) is 9.18 Å². The van der Waals surface area contributed by atoms with Crippen LogP contribution in [-0.4, -0.2) is 5.91 Å². The first-order valence-corrected chi connectivity index (χ1v) is 7.55. The smallest absolute Gasteiger partial charge is 0.258 e. The van der Waals surface area contributed by atoms with E-state index in [1.54, 1.807) is 6.07 Å². The molecule has 4 heteroatoms. The molecule has 0 aliphatic heterocycles. The summed E-state index contributed by atoms with van der Waals surface area (Å²) < 4.78 is 14.5. The van der Waals surface area contributed by atoms with E-state index < -0.39 is 11.7 Å². The summed E-state index contributed by atoms with van der Waals surface area (Å²) in [7, 11) is 0. The summed E-state index contributed by atoms with van der Waals surface area (Å²) in [5.74, 6) is -0.701. The molecule has 21 heavy (non-hydrogen) atoms. The highest BCUT2D eigenvalue weighted by atomic mass is 79.9. The lowest BCUT2D eigenvalue weighted by Crippen LogP contribution is -2.16. The van der Waals surface area contributed by atoms with E-state index in [0.717, 1.165) is 16.8 Å². The van der Waals surface area contributed by atoms with Crippen molar-refractivity contribution in [2.45, 2.75) is 26.7 Å². The Bertz CT molecular complexity index is 682. The number of benzene rings is 2. The number of rotatable bonds is 3. The molecule has 2 nitrogen and oxygen atoms in total. The van der Waals surface area contributed by atoms with E-state index >= 15 is 0 Å². The number of halogens is 2. The van der Waals surface area contributed by atoms with Crippen LogP contribution in [0.15, 0.2) is 40.9 Å². The molecule has 0 saturated carbocycles. The van der Waals surface area contributed by atoms with E-state index in [1.807, 2.05) is 25.1 Å². The number of hydrogen-bond acceptors (Lipinski definition) is 1. The van der Waals surface area contributed by atoms with Gasteiger partial charge in [-0.25, -0.2) is 4.39 Å². The average Bonchev–Trinajstić information content (AvgIpc) is 2.43. The van der Waals surface area contributed by atoms with Gasteiger partial charge >= 0.3 is 0 Å². The highest BCUT2D eigenvalue weighted by Gasteiger charge is 2.16. The fraction of sp³-hybridized carbons (Fsp3) is 0.235. The van der Waals surface area contributed by atoms with E-state index in [2.05, 4.69) is 35.1 Å². The summed E-state index contributed by atoms with van der Waals surface area (Å²) in [6.45, 7) is 6.05. The van der Waals surface area contributed by atoms with Crippen LogP contribution in [0.5, 0.6) is 0 Å². The van der Waals surface area contributed by atoms with Crippen LogP contribution in [0.2, 0.25) is 0 Å². The quantitative estimate of drug-likeness (QED) is 0.803.